The number of hydrogen-bond acceptors (Lipinski definition) is 8. The standard InChI is InChI=1S/C18H24N8O4/c1-11(2)13(15-20-10-22-30-15)23-12(27)7-25-8-18(17(25)29)5-4-6-26(18)16(28)14-19-9-21-24(14)3/h9-11,13H,4-8H2,1-3H3,(H,23,27). The lowest BCUT2D eigenvalue weighted by Gasteiger charge is -2.50. The van der Waals surface area contributed by atoms with Crippen molar-refractivity contribution in [1.29, 1.82) is 0 Å². The molecule has 12 nitrogen and oxygen atoms in total. The maximum atomic E-state index is 13.0. The quantitative estimate of drug-likeness (QED) is 0.624. The summed E-state index contributed by atoms with van der Waals surface area (Å²) in [4.78, 5) is 49.5. The van der Waals surface area contributed by atoms with Gasteiger partial charge in [0.15, 0.2) is 6.33 Å². The van der Waals surface area contributed by atoms with E-state index in [1.807, 2.05) is 13.8 Å². The number of nitrogens with one attached hydrogen (secondary N) is 1. The highest BCUT2D eigenvalue weighted by atomic mass is 16.5. The van der Waals surface area contributed by atoms with Gasteiger partial charge in [0, 0.05) is 13.6 Å². The van der Waals surface area contributed by atoms with Crippen molar-refractivity contribution in [2.45, 2.75) is 38.3 Å². The van der Waals surface area contributed by atoms with E-state index in [1.54, 1.807) is 11.9 Å². The van der Waals surface area contributed by atoms with Gasteiger partial charge in [-0.25, -0.2) is 9.67 Å². The number of nitrogens with zero attached hydrogens (tertiary/aromatic N) is 7. The maximum Gasteiger partial charge on any atom is 0.292 e. The Labute approximate surface area is 172 Å². The van der Waals surface area contributed by atoms with Crippen molar-refractivity contribution in [2.75, 3.05) is 19.6 Å². The van der Waals surface area contributed by atoms with Crippen molar-refractivity contribution in [3.8, 4) is 0 Å². The Kier molecular flexibility index (Phi) is 5.00. The van der Waals surface area contributed by atoms with Gasteiger partial charge in [-0.3, -0.25) is 14.4 Å². The second-order valence-corrected chi connectivity index (χ2v) is 8.03. The van der Waals surface area contributed by atoms with Crippen molar-refractivity contribution in [2.24, 2.45) is 13.0 Å². The fraction of sp³-hybridized carbons (Fsp3) is 0.611. The predicted octanol–water partition coefficient (Wildman–Crippen LogP) is -0.471. The molecular weight excluding hydrogens is 392 g/mol. The van der Waals surface area contributed by atoms with E-state index in [0.717, 1.165) is 6.42 Å². The highest BCUT2D eigenvalue weighted by molar-refractivity contribution is 6.02. The maximum absolute atomic E-state index is 13.0. The molecule has 2 atom stereocenters. The number of carbonyl (C=O) groups is 3. The molecule has 3 amide bonds. The van der Waals surface area contributed by atoms with Gasteiger partial charge in [0.05, 0.1) is 13.1 Å². The zero-order valence-corrected chi connectivity index (χ0v) is 17.1. The van der Waals surface area contributed by atoms with Gasteiger partial charge in [-0.05, 0) is 18.8 Å². The van der Waals surface area contributed by atoms with Crippen molar-refractivity contribution in [3.05, 3.63) is 24.4 Å². The van der Waals surface area contributed by atoms with Gasteiger partial charge in [0.25, 0.3) is 11.8 Å². The Hall–Kier alpha value is -3.31. The highest BCUT2D eigenvalue weighted by Gasteiger charge is 2.60. The van der Waals surface area contributed by atoms with Gasteiger partial charge < -0.3 is 19.6 Å². The number of amides is 3. The molecule has 2 aliphatic rings. The molecule has 0 bridgehead atoms. The van der Waals surface area contributed by atoms with Crippen LogP contribution in [0.3, 0.4) is 0 Å². The molecule has 0 aliphatic carbocycles. The van der Waals surface area contributed by atoms with E-state index in [-0.39, 0.29) is 36.0 Å². The average molecular weight is 416 g/mol. The SMILES string of the molecule is CC(C)C(NC(=O)CN1CC2(CCCN2C(=O)c2ncnn2C)C1=O)c1ncno1. The Morgan fingerprint density at radius 3 is 2.70 bits per heavy atom. The second-order valence-electron chi connectivity index (χ2n) is 8.03. The van der Waals surface area contributed by atoms with Gasteiger partial charge in [0.1, 0.15) is 17.9 Å². The van der Waals surface area contributed by atoms with Crippen LogP contribution in [0, 0.1) is 5.92 Å². The smallest absolute Gasteiger partial charge is 0.292 e. The molecule has 2 fully saturated rings. The number of β-lactam (4-membered cyclic amide) rings is 1. The van der Waals surface area contributed by atoms with Gasteiger partial charge in [0.2, 0.25) is 17.6 Å². The van der Waals surface area contributed by atoms with Gasteiger partial charge in [-0.15, -0.1) is 0 Å². The van der Waals surface area contributed by atoms with E-state index in [2.05, 4.69) is 25.5 Å². The van der Waals surface area contributed by atoms with Gasteiger partial charge in [-0.1, -0.05) is 19.0 Å². The molecule has 2 aromatic heterocycles. The molecule has 0 radical (unpaired) electrons. The lowest BCUT2D eigenvalue weighted by molar-refractivity contribution is -0.161. The summed E-state index contributed by atoms with van der Waals surface area (Å²) in [6.07, 6.45) is 3.89. The predicted molar refractivity (Wildman–Crippen MR) is 101 cm³/mol. The van der Waals surface area contributed by atoms with E-state index >= 15 is 0 Å². The Bertz CT molecular complexity index is 955. The Morgan fingerprint density at radius 2 is 2.10 bits per heavy atom. The number of aromatic nitrogens is 5. The minimum Gasteiger partial charge on any atom is -0.342 e. The van der Waals surface area contributed by atoms with Crippen LogP contribution in [-0.4, -0.2) is 77.6 Å². The zero-order valence-electron chi connectivity index (χ0n) is 17.1. The molecule has 1 spiro atoms. The summed E-state index contributed by atoms with van der Waals surface area (Å²) in [6, 6.07) is -0.439. The molecular formula is C18H24N8O4. The third-order valence-corrected chi connectivity index (χ3v) is 5.74. The van der Waals surface area contributed by atoms with Crippen molar-refractivity contribution in [1.82, 2.24) is 40.0 Å². The first kappa shape index (κ1) is 20.0. The average Bonchev–Trinajstić information content (AvgIpc) is 3.46. The van der Waals surface area contributed by atoms with E-state index in [1.165, 1.54) is 22.2 Å². The van der Waals surface area contributed by atoms with Gasteiger partial charge >= 0.3 is 0 Å². The van der Waals surface area contributed by atoms with Crippen LogP contribution in [0.4, 0.5) is 0 Å². The molecule has 0 aromatic carbocycles. The number of likely N-dealkylation sites (tertiary alicyclic amines) is 2. The third kappa shape index (κ3) is 3.21. The summed E-state index contributed by atoms with van der Waals surface area (Å²) in [5.41, 5.74) is -0.896. The molecule has 30 heavy (non-hydrogen) atoms. The van der Waals surface area contributed by atoms with E-state index in [0.29, 0.717) is 25.4 Å². The summed E-state index contributed by atoms with van der Waals surface area (Å²) in [5, 5.41) is 10.4. The van der Waals surface area contributed by atoms with Crippen LogP contribution < -0.4 is 5.32 Å². The fourth-order valence-corrected chi connectivity index (χ4v) is 4.18. The number of carbonyl (C=O) groups excluding carboxylic acids is 3. The fourth-order valence-electron chi connectivity index (χ4n) is 4.18. The first-order valence-corrected chi connectivity index (χ1v) is 9.85. The molecule has 160 valence electrons. The van der Waals surface area contributed by atoms with Crippen LogP contribution in [0.25, 0.3) is 0 Å². The summed E-state index contributed by atoms with van der Waals surface area (Å²) in [6.45, 7) is 4.55. The van der Waals surface area contributed by atoms with Crippen LogP contribution in [0.2, 0.25) is 0 Å². The summed E-state index contributed by atoms with van der Waals surface area (Å²) in [7, 11) is 1.64. The molecule has 4 heterocycles. The summed E-state index contributed by atoms with van der Waals surface area (Å²) in [5.74, 6) is -0.312. The highest BCUT2D eigenvalue weighted by Crippen LogP contribution is 2.39. The first-order chi connectivity index (χ1) is 14.3. The molecule has 2 aromatic rings. The minimum atomic E-state index is -0.896. The molecule has 0 saturated carbocycles. The first-order valence-electron chi connectivity index (χ1n) is 9.85. The molecule has 4 rings (SSSR count). The minimum absolute atomic E-state index is 0.0298. The molecule has 1 N–H and O–H groups in total. The van der Waals surface area contributed by atoms with E-state index < -0.39 is 11.6 Å². The Morgan fingerprint density at radius 1 is 1.30 bits per heavy atom. The zero-order chi connectivity index (χ0) is 21.5. The summed E-state index contributed by atoms with van der Waals surface area (Å²) < 4.78 is 6.47. The molecule has 2 unspecified atom stereocenters. The van der Waals surface area contributed by atoms with Gasteiger partial charge in [-0.2, -0.15) is 10.1 Å². The van der Waals surface area contributed by atoms with Crippen molar-refractivity contribution < 1.29 is 18.9 Å². The summed E-state index contributed by atoms with van der Waals surface area (Å²) >= 11 is 0. The Balaban J connectivity index is 1.40. The second kappa shape index (κ2) is 7.50. The largest absolute Gasteiger partial charge is 0.342 e. The number of hydrogen-bond donors (Lipinski definition) is 1. The molecule has 2 aliphatic heterocycles. The monoisotopic (exact) mass is 416 g/mol. The number of aryl methyl sites for hydroxylation is 1. The van der Waals surface area contributed by atoms with Crippen molar-refractivity contribution in [3.63, 3.8) is 0 Å². The van der Waals surface area contributed by atoms with Crippen LogP contribution >= 0.6 is 0 Å². The van der Waals surface area contributed by atoms with E-state index in [9.17, 15) is 14.4 Å². The third-order valence-electron chi connectivity index (χ3n) is 5.74. The normalized spacial score (nSPS) is 21.9. The van der Waals surface area contributed by atoms with Crippen LogP contribution in [-0.2, 0) is 16.6 Å². The number of rotatable bonds is 6. The lowest BCUT2D eigenvalue weighted by Crippen LogP contribution is -2.73. The topological polar surface area (TPSA) is 139 Å². The lowest BCUT2D eigenvalue weighted by atomic mass is 9.85. The van der Waals surface area contributed by atoms with Crippen LogP contribution in [0.15, 0.2) is 17.2 Å². The van der Waals surface area contributed by atoms with Crippen LogP contribution in [0.5, 0.6) is 0 Å². The van der Waals surface area contributed by atoms with E-state index in [4.69, 9.17) is 4.52 Å². The van der Waals surface area contributed by atoms with Crippen LogP contribution in [0.1, 0.15) is 49.2 Å². The molecule has 12 heteroatoms. The molecule has 2 saturated heterocycles. The van der Waals surface area contributed by atoms with Crippen molar-refractivity contribution >= 4 is 17.7 Å².